The molecule has 0 radical (unpaired) electrons. The van der Waals surface area contributed by atoms with Crippen molar-refractivity contribution in [1.82, 2.24) is 14.9 Å². The number of carbonyl (C=O) groups excluding carboxylic acids is 1. The third kappa shape index (κ3) is 4.70. The minimum atomic E-state index is 0.0656. The third-order valence-electron chi connectivity index (χ3n) is 3.02. The molecule has 0 unspecified atom stereocenters. The monoisotopic (exact) mass is 291 g/mol. The molecule has 0 aliphatic carbocycles. The first-order valence-corrected chi connectivity index (χ1v) is 6.99. The number of nitrogens with zero attached hydrogens (tertiary/aromatic N) is 2. The number of carbonyl (C=O) groups is 1. The highest BCUT2D eigenvalue weighted by Gasteiger charge is 2.03. The van der Waals surface area contributed by atoms with Crippen molar-refractivity contribution in [2.45, 2.75) is 19.3 Å². The number of nitrogens with one attached hydrogen (secondary N) is 1. The molecule has 0 spiro atoms. The highest BCUT2D eigenvalue weighted by molar-refractivity contribution is 6.30. The first-order valence-electron chi connectivity index (χ1n) is 6.61. The molecule has 0 bridgehead atoms. The molecule has 1 N–H and O–H groups in total. The Morgan fingerprint density at radius 2 is 2.05 bits per heavy atom. The quantitative estimate of drug-likeness (QED) is 0.888. The average Bonchev–Trinajstić information content (AvgIpc) is 2.84. The van der Waals surface area contributed by atoms with Gasteiger partial charge < -0.3 is 9.88 Å². The zero-order valence-corrected chi connectivity index (χ0v) is 12.2. The van der Waals surface area contributed by atoms with E-state index in [2.05, 4.69) is 10.3 Å². The van der Waals surface area contributed by atoms with Gasteiger partial charge in [0, 0.05) is 37.7 Å². The molecule has 1 aromatic heterocycles. The number of hydrogen-bond donors (Lipinski definition) is 1. The highest BCUT2D eigenvalue weighted by atomic mass is 35.5. The summed E-state index contributed by atoms with van der Waals surface area (Å²) in [5, 5.41) is 3.62. The molecule has 2 aromatic rings. The van der Waals surface area contributed by atoms with Crippen LogP contribution in [-0.2, 0) is 24.7 Å². The van der Waals surface area contributed by atoms with Gasteiger partial charge in [-0.15, -0.1) is 0 Å². The van der Waals surface area contributed by atoms with Crippen LogP contribution in [0.15, 0.2) is 36.8 Å². The standard InChI is InChI=1S/C15H18ClN3O/c1-19-10-14(18-11-19)8-9-17-15(20)7-4-12-2-5-13(16)6-3-12/h2-3,5-6,10-11H,4,7-9H2,1H3,(H,17,20). The molecule has 0 fully saturated rings. The fourth-order valence-corrected chi connectivity index (χ4v) is 2.05. The Morgan fingerprint density at radius 3 is 2.70 bits per heavy atom. The van der Waals surface area contributed by atoms with E-state index in [1.54, 1.807) is 6.33 Å². The highest BCUT2D eigenvalue weighted by Crippen LogP contribution is 2.10. The van der Waals surface area contributed by atoms with Crippen molar-refractivity contribution in [3.8, 4) is 0 Å². The summed E-state index contributed by atoms with van der Waals surface area (Å²) < 4.78 is 1.90. The van der Waals surface area contributed by atoms with Crippen molar-refractivity contribution in [3.05, 3.63) is 53.1 Å². The first kappa shape index (κ1) is 14.6. The van der Waals surface area contributed by atoms with Gasteiger partial charge >= 0.3 is 0 Å². The molecular formula is C15H18ClN3O. The van der Waals surface area contributed by atoms with Gasteiger partial charge in [0.1, 0.15) is 0 Å². The Kier molecular flexibility index (Phi) is 5.18. The van der Waals surface area contributed by atoms with Gasteiger partial charge in [0.15, 0.2) is 0 Å². The lowest BCUT2D eigenvalue weighted by Gasteiger charge is -2.04. The molecule has 0 aliphatic heterocycles. The molecule has 0 aliphatic rings. The molecule has 5 heteroatoms. The smallest absolute Gasteiger partial charge is 0.220 e. The molecule has 2 rings (SSSR count). The number of halogens is 1. The van der Waals surface area contributed by atoms with Crippen LogP contribution in [0.4, 0.5) is 0 Å². The SMILES string of the molecule is Cn1cnc(CCNC(=O)CCc2ccc(Cl)cc2)c1. The van der Waals surface area contributed by atoms with Crippen LogP contribution in [0.3, 0.4) is 0 Å². The van der Waals surface area contributed by atoms with Crippen LogP contribution < -0.4 is 5.32 Å². The van der Waals surface area contributed by atoms with E-state index in [4.69, 9.17) is 11.6 Å². The molecule has 106 valence electrons. The van der Waals surface area contributed by atoms with E-state index in [1.807, 2.05) is 42.1 Å². The van der Waals surface area contributed by atoms with Crippen LogP contribution in [0.5, 0.6) is 0 Å². The van der Waals surface area contributed by atoms with Crippen LogP contribution in [0, 0.1) is 0 Å². The summed E-state index contributed by atoms with van der Waals surface area (Å²) in [6.07, 6.45) is 5.70. The summed E-state index contributed by atoms with van der Waals surface area (Å²) in [6, 6.07) is 7.58. The fraction of sp³-hybridized carbons (Fsp3) is 0.333. The molecule has 1 amide bonds. The fourth-order valence-electron chi connectivity index (χ4n) is 1.92. The second-order valence-electron chi connectivity index (χ2n) is 4.76. The van der Waals surface area contributed by atoms with Crippen LogP contribution in [0.2, 0.25) is 5.02 Å². The third-order valence-corrected chi connectivity index (χ3v) is 3.27. The Hall–Kier alpha value is -1.81. The molecule has 1 heterocycles. The van der Waals surface area contributed by atoms with Crippen molar-refractivity contribution < 1.29 is 4.79 Å². The normalized spacial score (nSPS) is 10.5. The van der Waals surface area contributed by atoms with E-state index < -0.39 is 0 Å². The van der Waals surface area contributed by atoms with Gasteiger partial charge in [-0.05, 0) is 24.1 Å². The van der Waals surface area contributed by atoms with Crippen LogP contribution in [0.25, 0.3) is 0 Å². The van der Waals surface area contributed by atoms with Crippen molar-refractivity contribution >= 4 is 17.5 Å². The van der Waals surface area contributed by atoms with Gasteiger partial charge in [0.25, 0.3) is 0 Å². The number of aryl methyl sites for hydroxylation is 2. The van der Waals surface area contributed by atoms with E-state index in [0.717, 1.165) is 24.1 Å². The topological polar surface area (TPSA) is 46.9 Å². The molecule has 1 aromatic carbocycles. The van der Waals surface area contributed by atoms with E-state index in [-0.39, 0.29) is 5.91 Å². The van der Waals surface area contributed by atoms with E-state index in [0.29, 0.717) is 18.0 Å². The number of amides is 1. The van der Waals surface area contributed by atoms with Gasteiger partial charge in [-0.25, -0.2) is 4.98 Å². The Balaban J connectivity index is 1.66. The van der Waals surface area contributed by atoms with Gasteiger partial charge in [-0.3, -0.25) is 4.79 Å². The first-order chi connectivity index (χ1) is 9.63. The van der Waals surface area contributed by atoms with Gasteiger partial charge in [-0.1, -0.05) is 23.7 Å². The summed E-state index contributed by atoms with van der Waals surface area (Å²) in [4.78, 5) is 15.9. The minimum absolute atomic E-state index is 0.0656. The lowest BCUT2D eigenvalue weighted by Crippen LogP contribution is -2.25. The van der Waals surface area contributed by atoms with Gasteiger partial charge in [0.05, 0.1) is 12.0 Å². The maximum atomic E-state index is 11.7. The maximum Gasteiger partial charge on any atom is 0.220 e. The second-order valence-corrected chi connectivity index (χ2v) is 5.19. The van der Waals surface area contributed by atoms with Crippen molar-refractivity contribution in [1.29, 1.82) is 0 Å². The average molecular weight is 292 g/mol. The zero-order valence-electron chi connectivity index (χ0n) is 11.5. The van der Waals surface area contributed by atoms with E-state index in [1.165, 1.54) is 0 Å². The lowest BCUT2D eigenvalue weighted by molar-refractivity contribution is -0.121. The summed E-state index contributed by atoms with van der Waals surface area (Å²) in [7, 11) is 1.93. The van der Waals surface area contributed by atoms with Gasteiger partial charge in [0.2, 0.25) is 5.91 Å². The number of benzene rings is 1. The van der Waals surface area contributed by atoms with Crippen molar-refractivity contribution in [3.63, 3.8) is 0 Å². The van der Waals surface area contributed by atoms with Crippen molar-refractivity contribution in [2.75, 3.05) is 6.54 Å². The molecule has 0 atom stereocenters. The lowest BCUT2D eigenvalue weighted by atomic mass is 10.1. The Bertz CT molecular complexity index is 563. The van der Waals surface area contributed by atoms with Crippen molar-refractivity contribution in [2.24, 2.45) is 7.05 Å². The molecule has 20 heavy (non-hydrogen) atoms. The summed E-state index contributed by atoms with van der Waals surface area (Å²) in [5.74, 6) is 0.0656. The number of aromatic nitrogens is 2. The Labute approximate surface area is 123 Å². The summed E-state index contributed by atoms with van der Waals surface area (Å²) in [5.41, 5.74) is 2.11. The van der Waals surface area contributed by atoms with Crippen LogP contribution in [-0.4, -0.2) is 22.0 Å². The summed E-state index contributed by atoms with van der Waals surface area (Å²) in [6.45, 7) is 0.621. The molecule has 4 nitrogen and oxygen atoms in total. The maximum absolute atomic E-state index is 11.7. The summed E-state index contributed by atoms with van der Waals surface area (Å²) >= 11 is 5.82. The number of rotatable bonds is 6. The predicted octanol–water partition coefficient (Wildman–Crippen LogP) is 2.37. The van der Waals surface area contributed by atoms with Crippen LogP contribution in [0.1, 0.15) is 17.7 Å². The Morgan fingerprint density at radius 1 is 1.30 bits per heavy atom. The van der Waals surface area contributed by atoms with Gasteiger partial charge in [-0.2, -0.15) is 0 Å². The van der Waals surface area contributed by atoms with E-state index in [9.17, 15) is 4.79 Å². The largest absolute Gasteiger partial charge is 0.356 e. The minimum Gasteiger partial charge on any atom is -0.356 e. The number of imidazole rings is 1. The molecule has 0 saturated carbocycles. The zero-order chi connectivity index (χ0) is 14.4. The second kappa shape index (κ2) is 7.10. The number of hydrogen-bond acceptors (Lipinski definition) is 2. The molecule has 0 saturated heterocycles. The molecular weight excluding hydrogens is 274 g/mol. The van der Waals surface area contributed by atoms with Crippen LogP contribution >= 0.6 is 11.6 Å². The van der Waals surface area contributed by atoms with E-state index >= 15 is 0 Å². The predicted molar refractivity (Wildman–Crippen MR) is 79.7 cm³/mol.